The van der Waals surface area contributed by atoms with Gasteiger partial charge in [0.1, 0.15) is 6.04 Å². The van der Waals surface area contributed by atoms with E-state index in [0.717, 1.165) is 6.42 Å². The molecule has 2 rings (SSSR count). The second-order valence-corrected chi connectivity index (χ2v) is 6.63. The lowest BCUT2D eigenvalue weighted by molar-refractivity contribution is -0.146. The predicted octanol–water partition coefficient (Wildman–Crippen LogP) is 1.01. The first-order chi connectivity index (χ1) is 9.97. The molecule has 2 aliphatic rings. The zero-order chi connectivity index (χ0) is 15.6. The van der Waals surface area contributed by atoms with Crippen LogP contribution in [0.3, 0.4) is 0 Å². The lowest BCUT2D eigenvalue weighted by Crippen LogP contribution is -2.50. The average molecular weight is 314 g/mol. The van der Waals surface area contributed by atoms with Crippen LogP contribution in [0.5, 0.6) is 0 Å². The Bertz CT molecular complexity index is 443. The summed E-state index contributed by atoms with van der Waals surface area (Å²) in [6, 6.07) is -0.729. The molecular formula is C14H22N2O4S. The maximum atomic E-state index is 12.7. The number of thioether (sulfide) groups is 1. The molecule has 7 heteroatoms. The molecule has 6 nitrogen and oxygen atoms in total. The number of carboxylic acid groups (broad SMARTS) is 1. The lowest BCUT2D eigenvalue weighted by atomic mass is 10.0. The van der Waals surface area contributed by atoms with Gasteiger partial charge in [-0.25, -0.2) is 0 Å². The fraction of sp³-hybridized carbons (Fsp3) is 0.786. The maximum absolute atomic E-state index is 12.7. The second-order valence-electron chi connectivity index (χ2n) is 5.63. The van der Waals surface area contributed by atoms with E-state index in [-0.39, 0.29) is 17.9 Å². The minimum Gasteiger partial charge on any atom is -0.481 e. The van der Waals surface area contributed by atoms with E-state index in [1.54, 1.807) is 28.5 Å². The summed E-state index contributed by atoms with van der Waals surface area (Å²) in [4.78, 5) is 39.2. The summed E-state index contributed by atoms with van der Waals surface area (Å²) in [6.07, 6.45) is 1.71. The number of amides is 2. The molecule has 2 heterocycles. The Morgan fingerprint density at radius 2 is 2.00 bits per heavy atom. The first kappa shape index (κ1) is 16.1. The minimum atomic E-state index is -0.850. The van der Waals surface area contributed by atoms with Gasteiger partial charge in [-0.15, -0.1) is 11.8 Å². The maximum Gasteiger partial charge on any atom is 0.308 e. The molecule has 118 valence electrons. The van der Waals surface area contributed by atoms with Crippen LogP contribution in [-0.4, -0.2) is 62.9 Å². The zero-order valence-electron chi connectivity index (χ0n) is 12.4. The Kier molecular flexibility index (Phi) is 5.13. The number of nitrogens with zero attached hydrogens (tertiary/aromatic N) is 2. The summed E-state index contributed by atoms with van der Waals surface area (Å²) in [5.41, 5.74) is 0. The van der Waals surface area contributed by atoms with Crippen LogP contribution >= 0.6 is 11.8 Å². The standard InChI is InChI=1S/C14H22N2O4S/c1-3-4-12(17)16-8-21-7-11(16)13(18)15-6-5-10(9(15)2)14(19)20/h9-11H,3-8H2,1-2H3,(H,19,20). The highest BCUT2D eigenvalue weighted by Crippen LogP contribution is 2.29. The summed E-state index contributed by atoms with van der Waals surface area (Å²) < 4.78 is 0. The topological polar surface area (TPSA) is 77.9 Å². The van der Waals surface area contributed by atoms with E-state index in [2.05, 4.69) is 0 Å². The number of hydrogen-bond donors (Lipinski definition) is 1. The van der Waals surface area contributed by atoms with E-state index in [4.69, 9.17) is 5.11 Å². The molecule has 2 amide bonds. The third-order valence-corrected chi connectivity index (χ3v) is 5.32. The van der Waals surface area contributed by atoms with Crippen molar-refractivity contribution in [3.05, 3.63) is 0 Å². The van der Waals surface area contributed by atoms with Gasteiger partial charge in [0, 0.05) is 24.8 Å². The van der Waals surface area contributed by atoms with Gasteiger partial charge in [-0.1, -0.05) is 6.92 Å². The van der Waals surface area contributed by atoms with E-state index in [9.17, 15) is 14.4 Å². The number of rotatable bonds is 4. The number of carbonyl (C=O) groups excluding carboxylic acids is 2. The van der Waals surface area contributed by atoms with Gasteiger partial charge < -0.3 is 14.9 Å². The Morgan fingerprint density at radius 3 is 2.57 bits per heavy atom. The van der Waals surface area contributed by atoms with Crippen molar-refractivity contribution in [3.63, 3.8) is 0 Å². The second kappa shape index (κ2) is 6.68. The molecule has 0 spiro atoms. The summed E-state index contributed by atoms with van der Waals surface area (Å²) in [7, 11) is 0. The molecule has 0 saturated carbocycles. The van der Waals surface area contributed by atoms with Crippen LogP contribution in [0.2, 0.25) is 0 Å². The van der Waals surface area contributed by atoms with Gasteiger partial charge in [-0.2, -0.15) is 0 Å². The van der Waals surface area contributed by atoms with Crippen molar-refractivity contribution in [1.29, 1.82) is 0 Å². The van der Waals surface area contributed by atoms with Crippen LogP contribution in [0.25, 0.3) is 0 Å². The van der Waals surface area contributed by atoms with E-state index in [1.807, 2.05) is 6.92 Å². The van der Waals surface area contributed by atoms with Crippen LogP contribution < -0.4 is 0 Å². The molecule has 0 aromatic carbocycles. The first-order valence-electron chi connectivity index (χ1n) is 7.37. The van der Waals surface area contributed by atoms with Crippen molar-refractivity contribution >= 4 is 29.5 Å². The van der Waals surface area contributed by atoms with E-state index in [1.165, 1.54) is 0 Å². The molecule has 0 aromatic rings. The number of hydrogen-bond acceptors (Lipinski definition) is 4. The normalized spacial score (nSPS) is 29.0. The molecular weight excluding hydrogens is 292 g/mol. The molecule has 1 N–H and O–H groups in total. The molecule has 3 unspecified atom stereocenters. The molecule has 2 fully saturated rings. The van der Waals surface area contributed by atoms with Gasteiger partial charge >= 0.3 is 5.97 Å². The van der Waals surface area contributed by atoms with Crippen molar-refractivity contribution < 1.29 is 19.5 Å². The molecule has 2 aliphatic heterocycles. The van der Waals surface area contributed by atoms with Gasteiger partial charge in [0.05, 0.1) is 11.8 Å². The quantitative estimate of drug-likeness (QED) is 0.838. The third-order valence-electron chi connectivity index (χ3n) is 4.31. The molecule has 0 bridgehead atoms. The van der Waals surface area contributed by atoms with Crippen LogP contribution in [-0.2, 0) is 14.4 Å². The molecule has 0 aromatic heterocycles. The Labute approximate surface area is 128 Å². The SMILES string of the molecule is CCCC(=O)N1CSCC1C(=O)N1CCC(C(=O)O)C1C. The van der Waals surface area contributed by atoms with Gasteiger partial charge in [0.25, 0.3) is 0 Å². The summed E-state index contributed by atoms with van der Waals surface area (Å²) in [5.74, 6) is -0.266. The highest BCUT2D eigenvalue weighted by molar-refractivity contribution is 7.99. The number of aliphatic carboxylic acids is 1. The molecule has 0 aliphatic carbocycles. The first-order valence-corrected chi connectivity index (χ1v) is 8.53. The smallest absolute Gasteiger partial charge is 0.308 e. The molecule has 2 saturated heterocycles. The van der Waals surface area contributed by atoms with Crippen molar-refractivity contribution in [1.82, 2.24) is 9.80 Å². The molecule has 0 radical (unpaired) electrons. The van der Waals surface area contributed by atoms with Crippen molar-refractivity contribution in [2.75, 3.05) is 18.2 Å². The number of likely N-dealkylation sites (tertiary alicyclic amines) is 1. The van der Waals surface area contributed by atoms with Crippen molar-refractivity contribution in [2.24, 2.45) is 5.92 Å². The molecule has 3 atom stereocenters. The number of carbonyl (C=O) groups is 3. The van der Waals surface area contributed by atoms with Gasteiger partial charge in [0.15, 0.2) is 0 Å². The number of carboxylic acids is 1. The van der Waals surface area contributed by atoms with Crippen molar-refractivity contribution in [3.8, 4) is 0 Å². The van der Waals surface area contributed by atoms with Crippen LogP contribution in [0.1, 0.15) is 33.1 Å². The van der Waals surface area contributed by atoms with Gasteiger partial charge in [-0.05, 0) is 19.8 Å². The Balaban J connectivity index is 2.06. The predicted molar refractivity (Wildman–Crippen MR) is 79.8 cm³/mol. The van der Waals surface area contributed by atoms with Gasteiger partial charge in [-0.3, -0.25) is 14.4 Å². The summed E-state index contributed by atoms with van der Waals surface area (Å²) in [5, 5.41) is 9.15. The van der Waals surface area contributed by atoms with Crippen LogP contribution in [0.4, 0.5) is 0 Å². The monoisotopic (exact) mass is 314 g/mol. The highest BCUT2D eigenvalue weighted by Gasteiger charge is 2.43. The third kappa shape index (κ3) is 3.17. The Hall–Kier alpha value is -1.24. The zero-order valence-corrected chi connectivity index (χ0v) is 13.3. The molecule has 21 heavy (non-hydrogen) atoms. The fourth-order valence-electron chi connectivity index (χ4n) is 3.02. The summed E-state index contributed by atoms with van der Waals surface area (Å²) >= 11 is 1.58. The van der Waals surface area contributed by atoms with Gasteiger partial charge in [0.2, 0.25) is 11.8 Å². The van der Waals surface area contributed by atoms with Crippen molar-refractivity contribution in [2.45, 2.75) is 45.2 Å². The fourth-order valence-corrected chi connectivity index (χ4v) is 4.19. The minimum absolute atomic E-state index is 0.0162. The van der Waals surface area contributed by atoms with E-state index < -0.39 is 17.9 Å². The summed E-state index contributed by atoms with van der Waals surface area (Å²) in [6.45, 7) is 4.19. The van der Waals surface area contributed by atoms with Crippen LogP contribution in [0.15, 0.2) is 0 Å². The van der Waals surface area contributed by atoms with E-state index >= 15 is 0 Å². The largest absolute Gasteiger partial charge is 0.481 e. The highest BCUT2D eigenvalue weighted by atomic mass is 32.2. The van der Waals surface area contributed by atoms with E-state index in [0.29, 0.717) is 31.0 Å². The van der Waals surface area contributed by atoms with Crippen LogP contribution in [0, 0.1) is 5.92 Å². The average Bonchev–Trinajstić information content (AvgIpc) is 3.04. The lowest BCUT2D eigenvalue weighted by Gasteiger charge is -2.30. The Morgan fingerprint density at radius 1 is 1.29 bits per heavy atom.